The van der Waals surface area contributed by atoms with E-state index in [4.69, 9.17) is 14.0 Å². The van der Waals surface area contributed by atoms with E-state index in [0.29, 0.717) is 12.1 Å². The van der Waals surface area contributed by atoms with E-state index in [0.717, 1.165) is 16.5 Å². The van der Waals surface area contributed by atoms with Crippen LogP contribution in [0.3, 0.4) is 0 Å². The fourth-order valence-corrected chi connectivity index (χ4v) is 3.85. The molecule has 11 heteroatoms. The number of hydrogen-bond donors (Lipinski definition) is 0. The van der Waals surface area contributed by atoms with Gasteiger partial charge < -0.3 is 14.0 Å². The predicted octanol–water partition coefficient (Wildman–Crippen LogP) is 4.68. The Hall–Kier alpha value is -1.56. The van der Waals surface area contributed by atoms with Crippen molar-refractivity contribution in [2.45, 2.75) is 51.8 Å². The Kier molecular flexibility index (Phi) is 7.03. The molecular weight excluding hydrogens is 459 g/mol. The molecule has 1 aromatic heterocycles. The van der Waals surface area contributed by atoms with Crippen molar-refractivity contribution in [1.82, 2.24) is 9.78 Å². The van der Waals surface area contributed by atoms with Crippen molar-refractivity contribution in [2.75, 3.05) is 31.1 Å². The molecule has 3 rings (SSSR count). The van der Waals surface area contributed by atoms with Gasteiger partial charge in [0.15, 0.2) is 5.69 Å². The summed E-state index contributed by atoms with van der Waals surface area (Å²) in [5, 5.41) is 3.63. The molecule has 0 N–H and O–H groups in total. The summed E-state index contributed by atoms with van der Waals surface area (Å²) >= 11 is 0. The van der Waals surface area contributed by atoms with Crippen molar-refractivity contribution >= 4 is 22.6 Å². The highest BCUT2D eigenvalue weighted by Crippen LogP contribution is 2.39. The van der Waals surface area contributed by atoms with Crippen LogP contribution < -0.4 is 5.46 Å². The van der Waals surface area contributed by atoms with Crippen LogP contribution >= 0.6 is 10.0 Å². The van der Waals surface area contributed by atoms with Crippen LogP contribution in [0.1, 0.15) is 33.4 Å². The number of hydrogen-bond acceptors (Lipinski definition) is 4. The van der Waals surface area contributed by atoms with Gasteiger partial charge in [-0.2, -0.15) is 18.3 Å². The van der Waals surface area contributed by atoms with Gasteiger partial charge in [-0.15, -0.1) is 0 Å². The van der Waals surface area contributed by atoms with Gasteiger partial charge in [0.1, 0.15) is 12.5 Å². The standard InChI is InChI=1S/C22H31BF4N2O3S/c1-20(2)21(3,4)32-23(31-20)15-8-9-16(18(24)12-15)17-13-29(28-19(17)22(25,26)27)14-30-10-11-33(5,6)7/h8-9,12-13H,10-11,14H2,1-7H3. The molecule has 5 nitrogen and oxygen atoms in total. The largest absolute Gasteiger partial charge is 0.494 e. The molecule has 0 amide bonds. The minimum atomic E-state index is -4.74. The smallest absolute Gasteiger partial charge is 0.399 e. The van der Waals surface area contributed by atoms with Crippen LogP contribution in [-0.4, -0.2) is 59.2 Å². The summed E-state index contributed by atoms with van der Waals surface area (Å²) in [5.41, 5.74) is -2.55. The van der Waals surface area contributed by atoms with E-state index in [9.17, 15) is 13.2 Å². The molecule has 33 heavy (non-hydrogen) atoms. The Labute approximate surface area is 194 Å². The third kappa shape index (κ3) is 5.93. The zero-order valence-corrected chi connectivity index (χ0v) is 20.9. The third-order valence-electron chi connectivity index (χ3n) is 5.90. The van der Waals surface area contributed by atoms with Crippen molar-refractivity contribution in [2.24, 2.45) is 0 Å². The molecule has 2 heterocycles. The maximum absolute atomic E-state index is 15.0. The second kappa shape index (κ2) is 8.90. The lowest BCUT2D eigenvalue weighted by atomic mass is 9.78. The van der Waals surface area contributed by atoms with Gasteiger partial charge in [0.05, 0.1) is 17.8 Å². The Morgan fingerprint density at radius 3 is 2.18 bits per heavy atom. The highest BCUT2D eigenvalue weighted by atomic mass is 32.3. The molecule has 1 aromatic carbocycles. The normalized spacial score (nSPS) is 18.7. The Balaban J connectivity index is 1.85. The van der Waals surface area contributed by atoms with Gasteiger partial charge in [0, 0.05) is 23.1 Å². The fraction of sp³-hybridized carbons (Fsp3) is 0.591. The van der Waals surface area contributed by atoms with Gasteiger partial charge in [-0.3, -0.25) is 0 Å². The first-order valence-electron chi connectivity index (χ1n) is 10.5. The highest BCUT2D eigenvalue weighted by Gasteiger charge is 2.51. The molecule has 0 saturated carbocycles. The Morgan fingerprint density at radius 2 is 1.67 bits per heavy atom. The molecule has 0 atom stereocenters. The lowest BCUT2D eigenvalue weighted by molar-refractivity contribution is -0.141. The summed E-state index contributed by atoms with van der Waals surface area (Å²) in [6.45, 7) is 7.73. The van der Waals surface area contributed by atoms with Crippen LogP contribution in [0.25, 0.3) is 11.1 Å². The average Bonchev–Trinajstić information content (AvgIpc) is 3.16. The first-order valence-corrected chi connectivity index (χ1v) is 13.6. The van der Waals surface area contributed by atoms with E-state index in [1.165, 1.54) is 18.3 Å². The number of ether oxygens (including phenoxy) is 1. The number of nitrogens with zero attached hydrogens (tertiary/aromatic N) is 2. The minimum absolute atomic E-state index is 0.147. The molecule has 0 spiro atoms. The van der Waals surface area contributed by atoms with Crippen LogP contribution in [-0.2, 0) is 27.0 Å². The van der Waals surface area contributed by atoms with Gasteiger partial charge in [-0.05, 0) is 58.0 Å². The summed E-state index contributed by atoms with van der Waals surface area (Å²) in [6.07, 6.45) is 2.80. The van der Waals surface area contributed by atoms with Gasteiger partial charge >= 0.3 is 13.3 Å². The van der Waals surface area contributed by atoms with Crippen molar-refractivity contribution < 1.29 is 31.6 Å². The second-order valence-electron chi connectivity index (χ2n) is 10.1. The van der Waals surface area contributed by atoms with Crippen LogP contribution in [0.4, 0.5) is 17.6 Å². The van der Waals surface area contributed by atoms with E-state index in [1.807, 2.05) is 27.7 Å². The third-order valence-corrected chi connectivity index (χ3v) is 7.29. The summed E-state index contributed by atoms with van der Waals surface area (Å²) in [7, 11) is -1.60. The molecule has 0 bridgehead atoms. The predicted molar refractivity (Wildman–Crippen MR) is 125 cm³/mol. The number of rotatable bonds is 7. The van der Waals surface area contributed by atoms with Crippen LogP contribution in [0, 0.1) is 5.82 Å². The van der Waals surface area contributed by atoms with Gasteiger partial charge in [0.2, 0.25) is 0 Å². The minimum Gasteiger partial charge on any atom is -0.399 e. The van der Waals surface area contributed by atoms with Gasteiger partial charge in [0.25, 0.3) is 0 Å². The quantitative estimate of drug-likeness (QED) is 0.322. The molecule has 0 aliphatic carbocycles. The summed E-state index contributed by atoms with van der Waals surface area (Å²) in [5.74, 6) is 0.00642. The monoisotopic (exact) mass is 490 g/mol. The zero-order valence-electron chi connectivity index (χ0n) is 20.0. The van der Waals surface area contributed by atoms with E-state index < -0.39 is 46.0 Å². The van der Waals surface area contributed by atoms with Crippen molar-refractivity contribution in [1.29, 1.82) is 0 Å². The number of halogens is 4. The van der Waals surface area contributed by atoms with E-state index in [2.05, 4.69) is 23.9 Å². The van der Waals surface area contributed by atoms with Crippen molar-refractivity contribution in [3.05, 3.63) is 35.9 Å². The second-order valence-corrected chi connectivity index (χ2v) is 14.7. The molecule has 1 fully saturated rings. The molecule has 0 radical (unpaired) electrons. The van der Waals surface area contributed by atoms with Gasteiger partial charge in [-0.25, -0.2) is 19.1 Å². The van der Waals surface area contributed by atoms with Gasteiger partial charge in [-0.1, -0.05) is 12.1 Å². The maximum Gasteiger partial charge on any atom is 0.494 e. The lowest BCUT2D eigenvalue weighted by Crippen LogP contribution is -2.41. The van der Waals surface area contributed by atoms with Crippen LogP contribution in [0.2, 0.25) is 0 Å². The van der Waals surface area contributed by atoms with E-state index in [1.54, 1.807) is 0 Å². The Morgan fingerprint density at radius 1 is 1.06 bits per heavy atom. The van der Waals surface area contributed by atoms with Crippen molar-refractivity contribution in [3.63, 3.8) is 0 Å². The molecule has 0 unspecified atom stereocenters. The summed E-state index contributed by atoms with van der Waals surface area (Å²) in [6, 6.07) is 3.97. The Bertz CT molecular complexity index is 987. The average molecular weight is 490 g/mol. The number of aromatic nitrogens is 2. The maximum atomic E-state index is 15.0. The molecule has 184 valence electrons. The summed E-state index contributed by atoms with van der Waals surface area (Å²) in [4.78, 5) is 0. The number of alkyl halides is 3. The van der Waals surface area contributed by atoms with Crippen LogP contribution in [0.15, 0.2) is 24.4 Å². The molecule has 1 aliphatic rings. The fourth-order valence-electron chi connectivity index (χ4n) is 3.24. The van der Waals surface area contributed by atoms with E-state index in [-0.39, 0.29) is 17.9 Å². The zero-order chi connectivity index (χ0) is 24.8. The lowest BCUT2D eigenvalue weighted by Gasteiger charge is -2.32. The van der Waals surface area contributed by atoms with Crippen LogP contribution in [0.5, 0.6) is 0 Å². The SMILES string of the molecule is CC1(C)OB(c2ccc(-c3cn(COCCS(C)(C)C)nc3C(F)(F)F)c(F)c2)OC1(C)C. The molecule has 1 aliphatic heterocycles. The summed E-state index contributed by atoms with van der Waals surface area (Å²) < 4.78 is 74.3. The van der Waals surface area contributed by atoms with E-state index >= 15 is 4.39 Å². The van der Waals surface area contributed by atoms with Crippen molar-refractivity contribution in [3.8, 4) is 11.1 Å². The number of benzene rings is 1. The molecular formula is C22H31BF4N2O3S. The molecule has 2 aromatic rings. The first-order chi connectivity index (χ1) is 15.0. The highest BCUT2D eigenvalue weighted by molar-refractivity contribution is 8.32. The first kappa shape index (κ1) is 26.1. The molecule has 1 saturated heterocycles. The topological polar surface area (TPSA) is 45.5 Å².